The molecule has 1 atom stereocenters. The van der Waals surface area contributed by atoms with E-state index in [0.717, 1.165) is 0 Å². The van der Waals surface area contributed by atoms with Crippen molar-refractivity contribution < 1.29 is 13.2 Å². The van der Waals surface area contributed by atoms with E-state index in [9.17, 15) is 8.42 Å². The zero-order chi connectivity index (χ0) is 16.0. The van der Waals surface area contributed by atoms with Crippen LogP contribution in [0.15, 0.2) is 18.2 Å². The molecule has 0 amide bonds. The molecule has 1 rings (SSSR count). The Labute approximate surface area is 130 Å². The lowest BCUT2D eigenvalue weighted by molar-refractivity contribution is 0.394. The Balaban J connectivity index is 3.20. The Hall–Kier alpha value is -1.29. The van der Waals surface area contributed by atoms with Crippen molar-refractivity contribution in [1.82, 2.24) is 4.72 Å². The standard InChI is InChI=1S/C14H19ClN2O3S/c1-10(2)8-13(17-21(18,19)7-6-16)12-9-11(15)4-5-14(12)20-3/h4-5,9-10,13,17H,7-8H2,1-3H3. The normalized spacial score (nSPS) is 13.0. The summed E-state index contributed by atoms with van der Waals surface area (Å²) >= 11 is 6.00. The van der Waals surface area contributed by atoms with Crippen molar-refractivity contribution >= 4 is 21.6 Å². The minimum Gasteiger partial charge on any atom is -0.496 e. The van der Waals surface area contributed by atoms with Gasteiger partial charge in [-0.25, -0.2) is 13.1 Å². The molecule has 0 aliphatic rings. The lowest BCUT2D eigenvalue weighted by Crippen LogP contribution is -2.31. The number of benzene rings is 1. The van der Waals surface area contributed by atoms with Gasteiger partial charge in [0.25, 0.3) is 0 Å². The topological polar surface area (TPSA) is 79.2 Å². The summed E-state index contributed by atoms with van der Waals surface area (Å²) in [5.74, 6) is 0.234. The summed E-state index contributed by atoms with van der Waals surface area (Å²) in [5.41, 5.74) is 0.667. The first-order valence-electron chi connectivity index (χ1n) is 6.49. The van der Waals surface area contributed by atoms with Gasteiger partial charge in [-0.1, -0.05) is 25.4 Å². The van der Waals surface area contributed by atoms with E-state index in [1.165, 1.54) is 7.11 Å². The van der Waals surface area contributed by atoms with Crippen LogP contribution >= 0.6 is 11.6 Å². The summed E-state index contributed by atoms with van der Waals surface area (Å²) < 4.78 is 31.6. The highest BCUT2D eigenvalue weighted by molar-refractivity contribution is 7.89. The van der Waals surface area contributed by atoms with E-state index in [2.05, 4.69) is 4.72 Å². The third kappa shape index (κ3) is 5.54. The number of sulfonamides is 1. The van der Waals surface area contributed by atoms with Gasteiger partial charge in [0.1, 0.15) is 5.75 Å². The smallest absolute Gasteiger partial charge is 0.225 e. The average molecular weight is 331 g/mol. The number of ether oxygens (including phenoxy) is 1. The number of nitrogens with zero attached hydrogens (tertiary/aromatic N) is 1. The molecule has 5 nitrogen and oxygen atoms in total. The molecule has 0 aliphatic carbocycles. The largest absolute Gasteiger partial charge is 0.496 e. The molecular weight excluding hydrogens is 312 g/mol. The first-order chi connectivity index (χ1) is 9.79. The zero-order valence-electron chi connectivity index (χ0n) is 12.3. The van der Waals surface area contributed by atoms with Gasteiger partial charge < -0.3 is 4.74 Å². The van der Waals surface area contributed by atoms with Crippen LogP contribution in [0, 0.1) is 17.2 Å². The summed E-state index contributed by atoms with van der Waals surface area (Å²) in [5, 5.41) is 9.10. The number of hydrogen-bond acceptors (Lipinski definition) is 4. The molecule has 0 saturated carbocycles. The molecule has 0 radical (unpaired) electrons. The number of nitrogens with one attached hydrogen (secondary N) is 1. The summed E-state index contributed by atoms with van der Waals surface area (Å²) in [4.78, 5) is 0. The van der Waals surface area contributed by atoms with E-state index in [4.69, 9.17) is 21.6 Å². The maximum Gasteiger partial charge on any atom is 0.225 e. The van der Waals surface area contributed by atoms with Crippen LogP contribution in [0.1, 0.15) is 31.9 Å². The molecule has 21 heavy (non-hydrogen) atoms. The second-order valence-electron chi connectivity index (χ2n) is 5.10. The predicted octanol–water partition coefficient (Wildman–Crippen LogP) is 2.88. The lowest BCUT2D eigenvalue weighted by atomic mass is 9.97. The number of methoxy groups -OCH3 is 1. The monoisotopic (exact) mass is 330 g/mol. The van der Waals surface area contributed by atoms with Crippen molar-refractivity contribution in [3.63, 3.8) is 0 Å². The van der Waals surface area contributed by atoms with Crippen molar-refractivity contribution in [1.29, 1.82) is 5.26 Å². The molecule has 7 heteroatoms. The fraction of sp³-hybridized carbons (Fsp3) is 0.500. The van der Waals surface area contributed by atoms with Gasteiger partial charge in [-0.05, 0) is 30.5 Å². The van der Waals surface area contributed by atoms with Gasteiger partial charge in [0.05, 0.1) is 19.2 Å². The van der Waals surface area contributed by atoms with Crippen LogP contribution in [0.5, 0.6) is 5.75 Å². The maximum absolute atomic E-state index is 11.9. The molecule has 0 bridgehead atoms. The highest BCUT2D eigenvalue weighted by Gasteiger charge is 2.23. The molecular formula is C14H19ClN2O3S. The molecule has 1 aromatic carbocycles. The van der Waals surface area contributed by atoms with E-state index in [-0.39, 0.29) is 5.92 Å². The molecule has 0 saturated heterocycles. The Morgan fingerprint density at radius 3 is 2.62 bits per heavy atom. The molecule has 0 fully saturated rings. The summed E-state index contributed by atoms with van der Waals surface area (Å²) in [6.07, 6.45) is 0.571. The molecule has 0 aromatic heterocycles. The SMILES string of the molecule is COc1ccc(Cl)cc1C(CC(C)C)NS(=O)(=O)CC#N. The van der Waals surface area contributed by atoms with Crippen LogP contribution in [0.2, 0.25) is 5.02 Å². The minimum atomic E-state index is -3.67. The third-order valence-electron chi connectivity index (χ3n) is 2.85. The molecule has 116 valence electrons. The summed E-state index contributed by atoms with van der Waals surface area (Å²) in [6, 6.07) is 6.22. The maximum atomic E-state index is 11.9. The fourth-order valence-corrected chi connectivity index (χ4v) is 3.12. The third-order valence-corrected chi connectivity index (χ3v) is 4.24. The molecule has 0 aliphatic heterocycles. The summed E-state index contributed by atoms with van der Waals surface area (Å²) in [7, 11) is -2.16. The van der Waals surface area contributed by atoms with Gasteiger partial charge in [0.2, 0.25) is 10.0 Å². The van der Waals surface area contributed by atoms with Crippen LogP contribution in [0.3, 0.4) is 0 Å². The second-order valence-corrected chi connectivity index (χ2v) is 7.29. The number of nitriles is 1. The van der Waals surface area contributed by atoms with Crippen LogP contribution in [-0.2, 0) is 10.0 Å². The van der Waals surface area contributed by atoms with E-state index in [1.807, 2.05) is 13.8 Å². The lowest BCUT2D eigenvalue weighted by Gasteiger charge is -2.22. The van der Waals surface area contributed by atoms with Crippen molar-refractivity contribution in [3.8, 4) is 11.8 Å². The van der Waals surface area contributed by atoms with Gasteiger partial charge in [-0.15, -0.1) is 0 Å². The number of rotatable bonds is 7. The van der Waals surface area contributed by atoms with Crippen LogP contribution in [-0.4, -0.2) is 21.3 Å². The van der Waals surface area contributed by atoms with Crippen molar-refractivity contribution in [2.75, 3.05) is 12.9 Å². The first kappa shape index (κ1) is 17.8. The fourth-order valence-electron chi connectivity index (χ4n) is 2.03. The molecule has 1 unspecified atom stereocenters. The van der Waals surface area contributed by atoms with E-state index in [1.54, 1.807) is 24.3 Å². The van der Waals surface area contributed by atoms with Crippen molar-refractivity contribution in [3.05, 3.63) is 28.8 Å². The second kappa shape index (κ2) is 7.64. The van der Waals surface area contributed by atoms with Crippen LogP contribution in [0.4, 0.5) is 0 Å². The van der Waals surface area contributed by atoms with Gasteiger partial charge in [0, 0.05) is 10.6 Å². The molecule has 1 aromatic rings. The van der Waals surface area contributed by atoms with Crippen LogP contribution < -0.4 is 9.46 Å². The van der Waals surface area contributed by atoms with Gasteiger partial charge in [-0.2, -0.15) is 5.26 Å². The average Bonchev–Trinajstić information content (AvgIpc) is 2.36. The number of halogens is 1. The van der Waals surface area contributed by atoms with E-state index >= 15 is 0 Å². The molecule has 1 N–H and O–H groups in total. The first-order valence-corrected chi connectivity index (χ1v) is 8.52. The Kier molecular flexibility index (Phi) is 6.46. The predicted molar refractivity (Wildman–Crippen MR) is 82.7 cm³/mol. The Morgan fingerprint density at radius 2 is 2.10 bits per heavy atom. The highest BCUT2D eigenvalue weighted by Crippen LogP contribution is 2.32. The van der Waals surface area contributed by atoms with E-state index in [0.29, 0.717) is 22.8 Å². The van der Waals surface area contributed by atoms with Crippen molar-refractivity contribution in [2.45, 2.75) is 26.3 Å². The van der Waals surface area contributed by atoms with Gasteiger partial charge in [-0.3, -0.25) is 0 Å². The summed E-state index contributed by atoms with van der Waals surface area (Å²) in [6.45, 7) is 3.98. The van der Waals surface area contributed by atoms with Crippen LogP contribution in [0.25, 0.3) is 0 Å². The van der Waals surface area contributed by atoms with Gasteiger partial charge in [0.15, 0.2) is 5.75 Å². The quantitative estimate of drug-likeness (QED) is 0.833. The molecule has 0 spiro atoms. The van der Waals surface area contributed by atoms with Crippen molar-refractivity contribution in [2.24, 2.45) is 5.92 Å². The van der Waals surface area contributed by atoms with E-state index < -0.39 is 21.8 Å². The zero-order valence-corrected chi connectivity index (χ0v) is 13.8. The molecule has 0 heterocycles. The Bertz CT molecular complexity index is 624. The number of hydrogen-bond donors (Lipinski definition) is 1. The minimum absolute atomic E-state index is 0.253. The van der Waals surface area contributed by atoms with Gasteiger partial charge >= 0.3 is 0 Å². The highest BCUT2D eigenvalue weighted by atomic mass is 35.5. The Morgan fingerprint density at radius 1 is 1.43 bits per heavy atom.